The molecule has 0 bridgehead atoms. The van der Waals surface area contributed by atoms with Crippen LogP contribution < -0.4 is 0 Å². The fourth-order valence-electron chi connectivity index (χ4n) is 1.91. The van der Waals surface area contributed by atoms with Gasteiger partial charge in [0, 0.05) is 11.8 Å². The number of aromatic nitrogens is 2. The SMILES string of the molecule is Cc1cccc2nc3ccc(O)cc3n12. The molecule has 0 saturated heterocycles. The Labute approximate surface area is 86.6 Å². The van der Waals surface area contributed by atoms with Crippen LogP contribution in [0.2, 0.25) is 0 Å². The van der Waals surface area contributed by atoms with Crippen molar-refractivity contribution in [3.63, 3.8) is 0 Å². The van der Waals surface area contributed by atoms with Crippen molar-refractivity contribution < 1.29 is 5.11 Å². The van der Waals surface area contributed by atoms with Gasteiger partial charge in [0.15, 0.2) is 0 Å². The maximum atomic E-state index is 9.46. The summed E-state index contributed by atoms with van der Waals surface area (Å²) in [5, 5.41) is 9.46. The van der Waals surface area contributed by atoms with Crippen molar-refractivity contribution in [1.82, 2.24) is 9.38 Å². The summed E-state index contributed by atoms with van der Waals surface area (Å²) >= 11 is 0. The summed E-state index contributed by atoms with van der Waals surface area (Å²) in [6.45, 7) is 2.03. The number of phenols is 1. The van der Waals surface area contributed by atoms with E-state index in [0.717, 1.165) is 22.4 Å². The zero-order valence-electron chi connectivity index (χ0n) is 8.31. The van der Waals surface area contributed by atoms with Crippen molar-refractivity contribution in [2.45, 2.75) is 6.92 Å². The molecule has 0 radical (unpaired) electrons. The van der Waals surface area contributed by atoms with Crippen LogP contribution in [-0.4, -0.2) is 14.5 Å². The number of hydrogen-bond donors (Lipinski definition) is 1. The summed E-state index contributed by atoms with van der Waals surface area (Å²) in [5.41, 5.74) is 3.88. The lowest BCUT2D eigenvalue weighted by molar-refractivity contribution is 0.476. The van der Waals surface area contributed by atoms with Crippen LogP contribution in [0.15, 0.2) is 36.4 Å². The quantitative estimate of drug-likeness (QED) is 0.602. The molecule has 0 amide bonds. The number of hydrogen-bond acceptors (Lipinski definition) is 2. The van der Waals surface area contributed by atoms with Crippen LogP contribution >= 0.6 is 0 Å². The van der Waals surface area contributed by atoms with Crippen molar-refractivity contribution in [3.8, 4) is 5.75 Å². The maximum absolute atomic E-state index is 9.46. The smallest absolute Gasteiger partial charge is 0.138 e. The van der Waals surface area contributed by atoms with Gasteiger partial charge in [-0.1, -0.05) is 6.07 Å². The number of imidazole rings is 1. The van der Waals surface area contributed by atoms with Gasteiger partial charge in [-0.05, 0) is 31.2 Å². The zero-order chi connectivity index (χ0) is 10.4. The van der Waals surface area contributed by atoms with Crippen molar-refractivity contribution >= 4 is 16.7 Å². The van der Waals surface area contributed by atoms with Gasteiger partial charge in [-0.3, -0.25) is 4.40 Å². The number of benzene rings is 1. The standard InChI is InChI=1S/C12H10N2O/c1-8-3-2-4-12-13-10-6-5-9(15)7-11(10)14(8)12/h2-7,15H,1H3. The van der Waals surface area contributed by atoms with Crippen molar-refractivity contribution in [3.05, 3.63) is 42.1 Å². The van der Waals surface area contributed by atoms with Gasteiger partial charge in [-0.2, -0.15) is 0 Å². The maximum Gasteiger partial charge on any atom is 0.138 e. The minimum Gasteiger partial charge on any atom is -0.508 e. The lowest BCUT2D eigenvalue weighted by Crippen LogP contribution is -1.89. The molecule has 15 heavy (non-hydrogen) atoms. The number of fused-ring (bicyclic) bond motifs is 3. The third-order valence-electron chi connectivity index (χ3n) is 2.60. The summed E-state index contributed by atoms with van der Waals surface area (Å²) < 4.78 is 2.04. The molecule has 0 spiro atoms. The molecule has 0 fully saturated rings. The molecule has 1 N–H and O–H groups in total. The van der Waals surface area contributed by atoms with Gasteiger partial charge < -0.3 is 5.11 Å². The normalized spacial score (nSPS) is 11.3. The summed E-state index contributed by atoms with van der Waals surface area (Å²) in [6, 6.07) is 11.2. The second kappa shape index (κ2) is 2.73. The van der Waals surface area contributed by atoms with Crippen LogP contribution in [0.3, 0.4) is 0 Å². The van der Waals surface area contributed by atoms with Crippen molar-refractivity contribution in [2.75, 3.05) is 0 Å². The molecular formula is C12H10N2O. The zero-order valence-corrected chi connectivity index (χ0v) is 8.31. The molecule has 0 aliphatic rings. The van der Waals surface area contributed by atoms with Gasteiger partial charge >= 0.3 is 0 Å². The number of phenolic OH excluding ortho intramolecular Hbond substituents is 1. The predicted octanol–water partition coefficient (Wildman–Crippen LogP) is 2.50. The lowest BCUT2D eigenvalue weighted by Gasteiger charge is -2.00. The first-order valence-corrected chi connectivity index (χ1v) is 4.82. The number of rotatable bonds is 0. The lowest BCUT2D eigenvalue weighted by atomic mass is 10.3. The van der Waals surface area contributed by atoms with E-state index in [1.54, 1.807) is 12.1 Å². The van der Waals surface area contributed by atoms with Crippen LogP contribution in [-0.2, 0) is 0 Å². The van der Waals surface area contributed by atoms with E-state index in [1.165, 1.54) is 0 Å². The fraction of sp³-hybridized carbons (Fsp3) is 0.0833. The summed E-state index contributed by atoms with van der Waals surface area (Å²) in [7, 11) is 0. The molecule has 0 unspecified atom stereocenters. The van der Waals surface area contributed by atoms with Crippen LogP contribution in [0.5, 0.6) is 5.75 Å². The first-order valence-electron chi connectivity index (χ1n) is 4.82. The summed E-state index contributed by atoms with van der Waals surface area (Å²) in [6.07, 6.45) is 0. The van der Waals surface area contributed by atoms with Gasteiger partial charge in [0.05, 0.1) is 11.0 Å². The van der Waals surface area contributed by atoms with Gasteiger partial charge in [0.25, 0.3) is 0 Å². The Balaban J connectivity index is 2.61. The molecule has 0 atom stereocenters. The Kier molecular flexibility index (Phi) is 1.51. The van der Waals surface area contributed by atoms with Crippen molar-refractivity contribution in [1.29, 1.82) is 0 Å². The molecule has 0 aliphatic carbocycles. The highest BCUT2D eigenvalue weighted by atomic mass is 16.3. The molecule has 0 aliphatic heterocycles. The second-order valence-corrected chi connectivity index (χ2v) is 3.65. The first-order chi connectivity index (χ1) is 7.25. The molecule has 3 aromatic rings. The highest BCUT2D eigenvalue weighted by Crippen LogP contribution is 2.22. The van der Waals surface area contributed by atoms with Crippen molar-refractivity contribution in [2.24, 2.45) is 0 Å². The minimum atomic E-state index is 0.271. The van der Waals surface area contributed by atoms with E-state index in [1.807, 2.05) is 35.6 Å². The van der Waals surface area contributed by atoms with E-state index in [4.69, 9.17) is 0 Å². The van der Waals surface area contributed by atoms with E-state index in [-0.39, 0.29) is 5.75 Å². The van der Waals surface area contributed by atoms with E-state index >= 15 is 0 Å². The third kappa shape index (κ3) is 1.09. The van der Waals surface area contributed by atoms with E-state index in [0.29, 0.717) is 0 Å². The Bertz CT molecular complexity index is 655. The molecule has 1 aromatic carbocycles. The molecule has 2 aromatic heterocycles. The fourth-order valence-corrected chi connectivity index (χ4v) is 1.91. The van der Waals surface area contributed by atoms with E-state index in [2.05, 4.69) is 4.98 Å². The Morgan fingerprint density at radius 1 is 1.20 bits per heavy atom. The largest absolute Gasteiger partial charge is 0.508 e. The van der Waals surface area contributed by atoms with Gasteiger partial charge in [-0.15, -0.1) is 0 Å². The van der Waals surface area contributed by atoms with Gasteiger partial charge in [0.2, 0.25) is 0 Å². The molecule has 0 saturated carbocycles. The molecule has 3 rings (SSSR count). The van der Waals surface area contributed by atoms with E-state index in [9.17, 15) is 5.11 Å². The third-order valence-corrected chi connectivity index (χ3v) is 2.60. The second-order valence-electron chi connectivity index (χ2n) is 3.65. The predicted molar refractivity (Wildman–Crippen MR) is 59.1 cm³/mol. The highest BCUT2D eigenvalue weighted by molar-refractivity contribution is 5.82. The molecular weight excluding hydrogens is 188 g/mol. The number of pyridine rings is 1. The Morgan fingerprint density at radius 3 is 2.93 bits per heavy atom. The van der Waals surface area contributed by atoms with Crippen LogP contribution in [0.25, 0.3) is 16.7 Å². The van der Waals surface area contributed by atoms with Crippen LogP contribution in [0, 0.1) is 6.92 Å². The summed E-state index contributed by atoms with van der Waals surface area (Å²) in [5.74, 6) is 0.271. The molecule has 3 nitrogen and oxygen atoms in total. The average Bonchev–Trinajstić information content (AvgIpc) is 2.57. The van der Waals surface area contributed by atoms with Gasteiger partial charge in [-0.25, -0.2) is 4.98 Å². The number of aromatic hydroxyl groups is 1. The van der Waals surface area contributed by atoms with Crippen LogP contribution in [0.4, 0.5) is 0 Å². The molecule has 2 heterocycles. The van der Waals surface area contributed by atoms with E-state index < -0.39 is 0 Å². The average molecular weight is 198 g/mol. The number of nitrogens with zero attached hydrogens (tertiary/aromatic N) is 2. The Morgan fingerprint density at radius 2 is 2.07 bits per heavy atom. The first kappa shape index (κ1) is 8.29. The number of aryl methyl sites for hydroxylation is 1. The minimum absolute atomic E-state index is 0.271. The monoisotopic (exact) mass is 198 g/mol. The topological polar surface area (TPSA) is 37.5 Å². The highest BCUT2D eigenvalue weighted by Gasteiger charge is 2.05. The molecule has 3 heteroatoms. The summed E-state index contributed by atoms with van der Waals surface area (Å²) in [4.78, 5) is 4.47. The van der Waals surface area contributed by atoms with Crippen LogP contribution in [0.1, 0.15) is 5.69 Å². The molecule has 74 valence electrons. The van der Waals surface area contributed by atoms with Gasteiger partial charge in [0.1, 0.15) is 11.4 Å². The Hall–Kier alpha value is -2.03.